The molecule has 1 aromatic rings. The summed E-state index contributed by atoms with van der Waals surface area (Å²) >= 11 is 0. The van der Waals surface area contributed by atoms with Gasteiger partial charge in [-0.25, -0.2) is 0 Å². The maximum atomic E-state index is 5.40. The lowest BCUT2D eigenvalue weighted by atomic mass is 10.3. The quantitative estimate of drug-likeness (QED) is 0.623. The van der Waals surface area contributed by atoms with E-state index < -0.39 is 0 Å². The van der Waals surface area contributed by atoms with Crippen LogP contribution in [0.2, 0.25) is 0 Å². The molecule has 0 saturated carbocycles. The first-order valence-electron chi connectivity index (χ1n) is 3.74. The van der Waals surface area contributed by atoms with Gasteiger partial charge in [0.05, 0.1) is 6.61 Å². The Kier molecular flexibility index (Phi) is 3.81. The summed E-state index contributed by atoms with van der Waals surface area (Å²) in [6.45, 7) is 1.54. The van der Waals surface area contributed by atoms with Gasteiger partial charge in [0.2, 0.25) is 0 Å². The summed E-state index contributed by atoms with van der Waals surface area (Å²) < 4.78 is 10.4. The smallest absolute Gasteiger partial charge is 0.119 e. The van der Waals surface area contributed by atoms with Gasteiger partial charge in [0.15, 0.2) is 0 Å². The molecule has 0 bridgehead atoms. The van der Waals surface area contributed by atoms with E-state index in [2.05, 4.69) is 0 Å². The first-order valence-corrected chi connectivity index (χ1v) is 3.74. The molecule has 1 aromatic carbocycles. The van der Waals surface area contributed by atoms with Crippen molar-refractivity contribution in [2.45, 2.75) is 6.10 Å². The second-order valence-corrected chi connectivity index (χ2v) is 2.58. The van der Waals surface area contributed by atoms with E-state index >= 15 is 0 Å². The molecule has 1 unspecified atom stereocenters. The number of ether oxygens (including phenoxy) is 2. The summed E-state index contributed by atoms with van der Waals surface area (Å²) in [6, 6.07) is 9.79. The second kappa shape index (κ2) is 4.67. The first-order chi connectivity index (χ1) is 5.45. The molecule has 1 heterocycles. The number of hydrogen-bond donors (Lipinski definition) is 0. The van der Waals surface area contributed by atoms with Gasteiger partial charge >= 0.3 is 0 Å². The van der Waals surface area contributed by atoms with E-state index in [9.17, 15) is 0 Å². The zero-order chi connectivity index (χ0) is 7.52. The van der Waals surface area contributed by atoms with E-state index in [1.165, 1.54) is 0 Å². The lowest BCUT2D eigenvalue weighted by molar-refractivity contribution is 0.263. The van der Waals surface area contributed by atoms with Gasteiger partial charge in [-0.05, 0) is 12.1 Å². The molecule has 1 fully saturated rings. The van der Waals surface area contributed by atoms with Crippen molar-refractivity contribution in [3.63, 3.8) is 0 Å². The van der Waals surface area contributed by atoms with Crippen LogP contribution in [0.5, 0.6) is 5.75 Å². The van der Waals surface area contributed by atoms with Crippen LogP contribution in [0.4, 0.5) is 0 Å². The molecule has 0 N–H and O–H groups in total. The van der Waals surface area contributed by atoms with Gasteiger partial charge in [-0.15, -0.1) is 24.0 Å². The van der Waals surface area contributed by atoms with Crippen molar-refractivity contribution in [3.05, 3.63) is 30.3 Å². The standard InChI is InChI=1S/C9H10O2.HI/c1-2-4-8(5-3-1)10-6-9-7-11-9;/h1-5,9H,6-7H2;1H. The van der Waals surface area contributed by atoms with Crippen molar-refractivity contribution in [2.24, 2.45) is 0 Å². The van der Waals surface area contributed by atoms with Crippen molar-refractivity contribution in [1.29, 1.82) is 0 Å². The predicted octanol–water partition coefficient (Wildman–Crippen LogP) is 2.08. The average molecular weight is 278 g/mol. The molecule has 0 aromatic heterocycles. The number of hydrogen-bond acceptors (Lipinski definition) is 2. The Morgan fingerprint density at radius 3 is 2.58 bits per heavy atom. The Morgan fingerprint density at radius 1 is 1.33 bits per heavy atom. The van der Waals surface area contributed by atoms with Crippen LogP contribution in [-0.4, -0.2) is 19.3 Å². The largest absolute Gasteiger partial charge is 0.491 e. The molecule has 0 spiro atoms. The maximum Gasteiger partial charge on any atom is 0.119 e. The molecule has 2 rings (SSSR count). The van der Waals surface area contributed by atoms with Gasteiger partial charge in [-0.2, -0.15) is 0 Å². The fourth-order valence-corrected chi connectivity index (χ4v) is 0.870. The predicted molar refractivity (Wildman–Crippen MR) is 57.1 cm³/mol. The Bertz CT molecular complexity index is 221. The van der Waals surface area contributed by atoms with Gasteiger partial charge in [0.25, 0.3) is 0 Å². The zero-order valence-corrected chi connectivity index (χ0v) is 8.93. The Balaban J connectivity index is 0.000000720. The third-order valence-electron chi connectivity index (χ3n) is 1.58. The highest BCUT2D eigenvalue weighted by molar-refractivity contribution is 14.0. The van der Waals surface area contributed by atoms with Crippen molar-refractivity contribution >= 4 is 24.0 Å². The van der Waals surface area contributed by atoms with Crippen molar-refractivity contribution < 1.29 is 9.47 Å². The normalized spacial score (nSPS) is 19.5. The van der Waals surface area contributed by atoms with E-state index in [4.69, 9.17) is 9.47 Å². The molecule has 1 saturated heterocycles. The van der Waals surface area contributed by atoms with Gasteiger partial charge in [-0.1, -0.05) is 18.2 Å². The molecule has 0 amide bonds. The number of rotatable bonds is 3. The lowest BCUT2D eigenvalue weighted by Crippen LogP contribution is -2.03. The molecule has 1 aliphatic rings. The molecule has 2 nitrogen and oxygen atoms in total. The minimum absolute atomic E-state index is 0. The van der Waals surface area contributed by atoms with Crippen molar-refractivity contribution in [1.82, 2.24) is 0 Å². The Hall–Kier alpha value is -0.290. The highest BCUT2D eigenvalue weighted by Gasteiger charge is 2.22. The van der Waals surface area contributed by atoms with E-state index in [1.807, 2.05) is 30.3 Å². The number of benzene rings is 1. The monoisotopic (exact) mass is 278 g/mol. The summed E-state index contributed by atoms with van der Waals surface area (Å²) in [5, 5.41) is 0. The third kappa shape index (κ3) is 2.98. The molecule has 66 valence electrons. The molecular weight excluding hydrogens is 267 g/mol. The highest BCUT2D eigenvalue weighted by atomic mass is 127. The van der Waals surface area contributed by atoms with Gasteiger partial charge < -0.3 is 9.47 Å². The Morgan fingerprint density at radius 2 is 2.00 bits per heavy atom. The summed E-state index contributed by atoms with van der Waals surface area (Å²) in [7, 11) is 0. The maximum absolute atomic E-state index is 5.40. The van der Waals surface area contributed by atoms with Crippen LogP contribution in [0.25, 0.3) is 0 Å². The third-order valence-corrected chi connectivity index (χ3v) is 1.58. The fraction of sp³-hybridized carbons (Fsp3) is 0.333. The molecule has 0 radical (unpaired) electrons. The zero-order valence-electron chi connectivity index (χ0n) is 6.60. The van der Waals surface area contributed by atoms with Crippen LogP contribution in [-0.2, 0) is 4.74 Å². The molecule has 1 aliphatic heterocycles. The van der Waals surface area contributed by atoms with Crippen molar-refractivity contribution in [3.8, 4) is 5.75 Å². The van der Waals surface area contributed by atoms with Crippen LogP contribution < -0.4 is 4.74 Å². The summed E-state index contributed by atoms with van der Waals surface area (Å²) in [5.41, 5.74) is 0. The Labute approximate surface area is 88.9 Å². The van der Waals surface area contributed by atoms with Crippen LogP contribution >= 0.6 is 24.0 Å². The molecule has 1 atom stereocenters. The average Bonchev–Trinajstić information content (AvgIpc) is 2.86. The van der Waals surface area contributed by atoms with Crippen molar-refractivity contribution in [2.75, 3.05) is 13.2 Å². The SMILES string of the molecule is I.c1ccc(OCC2CO2)cc1. The van der Waals surface area contributed by atoms with E-state index in [-0.39, 0.29) is 24.0 Å². The van der Waals surface area contributed by atoms with Crippen LogP contribution in [0, 0.1) is 0 Å². The first kappa shape index (κ1) is 9.80. The highest BCUT2D eigenvalue weighted by Crippen LogP contribution is 2.13. The molecule has 12 heavy (non-hydrogen) atoms. The molecule has 0 aliphatic carbocycles. The minimum atomic E-state index is 0. The summed E-state index contributed by atoms with van der Waals surface area (Å²) in [4.78, 5) is 0. The van der Waals surface area contributed by atoms with Crippen LogP contribution in [0.1, 0.15) is 0 Å². The summed E-state index contributed by atoms with van der Waals surface area (Å²) in [6.07, 6.45) is 0.343. The van der Waals surface area contributed by atoms with Gasteiger partial charge in [-0.3, -0.25) is 0 Å². The molecule has 3 heteroatoms. The topological polar surface area (TPSA) is 21.8 Å². The van der Waals surface area contributed by atoms with Gasteiger partial charge in [0, 0.05) is 0 Å². The summed E-state index contributed by atoms with van der Waals surface area (Å²) in [5.74, 6) is 0.919. The minimum Gasteiger partial charge on any atom is -0.491 e. The number of para-hydroxylation sites is 1. The van der Waals surface area contributed by atoms with E-state index in [0.29, 0.717) is 12.7 Å². The van der Waals surface area contributed by atoms with Crippen LogP contribution in [0.3, 0.4) is 0 Å². The number of epoxide rings is 1. The lowest BCUT2D eigenvalue weighted by Gasteiger charge is -2.01. The fourth-order valence-electron chi connectivity index (χ4n) is 0.870. The van der Waals surface area contributed by atoms with E-state index in [0.717, 1.165) is 12.4 Å². The van der Waals surface area contributed by atoms with Crippen LogP contribution in [0.15, 0.2) is 30.3 Å². The number of halogens is 1. The van der Waals surface area contributed by atoms with E-state index in [1.54, 1.807) is 0 Å². The second-order valence-electron chi connectivity index (χ2n) is 2.58. The molecular formula is C9H11IO2. The van der Waals surface area contributed by atoms with Gasteiger partial charge in [0.1, 0.15) is 18.5 Å².